The summed E-state index contributed by atoms with van der Waals surface area (Å²) in [6.07, 6.45) is 1.48. The Morgan fingerprint density at radius 3 is 1.75 bits per heavy atom. The number of hydrogen-bond acceptors (Lipinski definition) is 2. The van der Waals surface area contributed by atoms with Crippen molar-refractivity contribution in [2.75, 3.05) is 0 Å². The van der Waals surface area contributed by atoms with Crippen molar-refractivity contribution >= 4 is 9.28 Å². The van der Waals surface area contributed by atoms with Crippen molar-refractivity contribution in [2.24, 2.45) is 0 Å². The van der Waals surface area contributed by atoms with Gasteiger partial charge >= 0.3 is 9.28 Å². The van der Waals surface area contributed by atoms with Crippen molar-refractivity contribution in [3.63, 3.8) is 0 Å². The monoisotopic (exact) mass is 189 g/mol. The molecule has 3 heteroatoms. The lowest BCUT2D eigenvalue weighted by atomic mass is 10.5. The van der Waals surface area contributed by atoms with E-state index >= 15 is 0 Å². The molecule has 0 aliphatic heterocycles. The first-order chi connectivity index (χ1) is 5.56. The summed E-state index contributed by atoms with van der Waals surface area (Å²) >= 11 is 0. The van der Waals surface area contributed by atoms with Crippen molar-refractivity contribution in [1.29, 1.82) is 0 Å². The van der Waals surface area contributed by atoms with Gasteiger partial charge in [0.05, 0.1) is 0 Å². The molecule has 12 heavy (non-hydrogen) atoms. The zero-order valence-corrected chi connectivity index (χ0v) is 9.82. The second kappa shape index (κ2) is 6.63. The maximum absolute atomic E-state index is 5.68. The van der Waals surface area contributed by atoms with E-state index in [0.717, 1.165) is 12.5 Å². The van der Waals surface area contributed by atoms with E-state index in [-0.39, 0.29) is 12.2 Å². The topological polar surface area (TPSA) is 18.5 Å². The van der Waals surface area contributed by atoms with Gasteiger partial charge in [0.2, 0.25) is 0 Å². The summed E-state index contributed by atoms with van der Waals surface area (Å²) in [5.74, 6) is 0. The van der Waals surface area contributed by atoms with Crippen LogP contribution >= 0.6 is 0 Å². The van der Waals surface area contributed by atoms with Gasteiger partial charge in [-0.25, -0.2) is 0 Å². The molecule has 0 aromatic carbocycles. The van der Waals surface area contributed by atoms with Crippen molar-refractivity contribution in [2.45, 2.75) is 52.4 Å². The third-order valence-corrected chi connectivity index (χ3v) is 3.86. The summed E-state index contributed by atoms with van der Waals surface area (Å²) in [7, 11) is -1.41. The minimum atomic E-state index is -1.41. The van der Waals surface area contributed by atoms with Gasteiger partial charge in [-0.15, -0.1) is 0 Å². The molecule has 0 atom stereocenters. The summed E-state index contributed by atoms with van der Waals surface area (Å²) in [6.45, 7) is 12.0. The van der Waals surface area contributed by atoms with Crippen LogP contribution in [0.5, 0.6) is 0 Å². The van der Waals surface area contributed by atoms with E-state index in [1.807, 2.05) is 27.7 Å². The predicted octanol–water partition coefficient (Wildman–Crippen LogP) is 2.28. The van der Waals surface area contributed by atoms with Crippen LogP contribution in [0.2, 0.25) is 6.04 Å². The lowest BCUT2D eigenvalue weighted by Gasteiger charge is -2.20. The Hall–Kier alpha value is 0.137. The standard InChI is InChI=1S/C9H21O2Si/c1-6-7-12(10-8(2)3)11-9(4)5/h8-9,12H,1,6-7H2,2-5H3. The molecule has 0 N–H and O–H groups in total. The van der Waals surface area contributed by atoms with Crippen LogP contribution in [0.3, 0.4) is 0 Å². The van der Waals surface area contributed by atoms with E-state index in [2.05, 4.69) is 6.92 Å². The van der Waals surface area contributed by atoms with Crippen LogP contribution in [0.1, 0.15) is 34.1 Å². The highest BCUT2D eigenvalue weighted by atomic mass is 28.3. The van der Waals surface area contributed by atoms with Crippen LogP contribution in [0, 0.1) is 6.92 Å². The van der Waals surface area contributed by atoms with E-state index < -0.39 is 9.28 Å². The van der Waals surface area contributed by atoms with Crippen LogP contribution in [-0.4, -0.2) is 21.5 Å². The molecule has 0 saturated heterocycles. The van der Waals surface area contributed by atoms with Crippen LogP contribution in [0.15, 0.2) is 0 Å². The molecule has 0 aliphatic rings. The average molecular weight is 189 g/mol. The maximum atomic E-state index is 5.68. The number of rotatable bonds is 6. The largest absolute Gasteiger partial charge is 0.394 e. The maximum Gasteiger partial charge on any atom is 0.321 e. The minimum Gasteiger partial charge on any atom is -0.394 e. The van der Waals surface area contributed by atoms with Gasteiger partial charge in [0.15, 0.2) is 0 Å². The Balaban J connectivity index is 3.69. The SMILES string of the molecule is [CH2]CC[SiH](OC(C)C)OC(C)C. The highest BCUT2D eigenvalue weighted by Gasteiger charge is 2.15. The fourth-order valence-corrected chi connectivity index (χ4v) is 2.83. The molecule has 0 heterocycles. The van der Waals surface area contributed by atoms with Crippen LogP contribution in [-0.2, 0) is 8.85 Å². The lowest BCUT2D eigenvalue weighted by molar-refractivity contribution is 0.130. The molecule has 0 aliphatic carbocycles. The Morgan fingerprint density at radius 1 is 1.08 bits per heavy atom. The molecule has 0 spiro atoms. The number of hydrogen-bond donors (Lipinski definition) is 0. The van der Waals surface area contributed by atoms with Crippen molar-refractivity contribution in [3.05, 3.63) is 6.92 Å². The first-order valence-corrected chi connectivity index (χ1v) is 6.42. The average Bonchev–Trinajstić information content (AvgIpc) is 1.84. The molecule has 2 nitrogen and oxygen atoms in total. The highest BCUT2D eigenvalue weighted by Crippen LogP contribution is 2.06. The van der Waals surface area contributed by atoms with E-state index in [1.54, 1.807) is 0 Å². The van der Waals surface area contributed by atoms with Gasteiger partial charge in [0, 0.05) is 12.2 Å². The normalized spacial score (nSPS) is 12.0. The fourth-order valence-electron chi connectivity index (χ4n) is 0.942. The Kier molecular flexibility index (Phi) is 6.71. The summed E-state index contributed by atoms with van der Waals surface area (Å²) in [6, 6.07) is 1.01. The van der Waals surface area contributed by atoms with Gasteiger partial charge in [-0.2, -0.15) is 0 Å². The molecule has 0 unspecified atom stereocenters. The molecule has 0 aromatic rings. The molecule has 0 bridgehead atoms. The molecule has 0 aromatic heterocycles. The van der Waals surface area contributed by atoms with Crippen molar-refractivity contribution in [3.8, 4) is 0 Å². The van der Waals surface area contributed by atoms with Crippen LogP contribution in [0.4, 0.5) is 0 Å². The predicted molar refractivity (Wildman–Crippen MR) is 54.4 cm³/mol. The van der Waals surface area contributed by atoms with Crippen molar-refractivity contribution in [1.82, 2.24) is 0 Å². The van der Waals surface area contributed by atoms with Crippen LogP contribution < -0.4 is 0 Å². The molecule has 0 saturated carbocycles. The summed E-state index contributed by atoms with van der Waals surface area (Å²) in [5, 5.41) is 0. The Bertz CT molecular complexity index is 94.7. The van der Waals surface area contributed by atoms with Gasteiger partial charge in [-0.3, -0.25) is 0 Å². The van der Waals surface area contributed by atoms with Gasteiger partial charge in [-0.05, 0) is 33.7 Å². The summed E-state index contributed by atoms with van der Waals surface area (Å²) in [4.78, 5) is 0. The molecule has 0 fully saturated rings. The van der Waals surface area contributed by atoms with E-state index in [0.29, 0.717) is 0 Å². The van der Waals surface area contributed by atoms with Gasteiger partial charge < -0.3 is 8.85 Å². The quantitative estimate of drug-likeness (QED) is 0.597. The molecule has 0 amide bonds. The Labute approximate surface area is 78.1 Å². The molecular weight excluding hydrogens is 168 g/mol. The van der Waals surface area contributed by atoms with E-state index in [4.69, 9.17) is 8.85 Å². The summed E-state index contributed by atoms with van der Waals surface area (Å²) < 4.78 is 11.4. The third kappa shape index (κ3) is 6.82. The lowest BCUT2D eigenvalue weighted by Crippen LogP contribution is -2.28. The molecule has 1 radical (unpaired) electrons. The summed E-state index contributed by atoms with van der Waals surface area (Å²) in [5.41, 5.74) is 0. The first kappa shape index (κ1) is 12.1. The highest BCUT2D eigenvalue weighted by molar-refractivity contribution is 6.44. The van der Waals surface area contributed by atoms with Crippen molar-refractivity contribution < 1.29 is 8.85 Å². The van der Waals surface area contributed by atoms with E-state index in [9.17, 15) is 0 Å². The second-order valence-corrected chi connectivity index (χ2v) is 5.42. The molecular formula is C9H21O2Si. The first-order valence-electron chi connectivity index (χ1n) is 4.66. The van der Waals surface area contributed by atoms with Crippen LogP contribution in [0.25, 0.3) is 0 Å². The minimum absolute atomic E-state index is 0.284. The smallest absolute Gasteiger partial charge is 0.321 e. The second-order valence-electron chi connectivity index (χ2n) is 3.44. The third-order valence-electron chi connectivity index (χ3n) is 1.29. The molecule has 0 rings (SSSR count). The zero-order chi connectivity index (χ0) is 9.56. The molecule has 73 valence electrons. The van der Waals surface area contributed by atoms with E-state index in [1.165, 1.54) is 0 Å². The fraction of sp³-hybridized carbons (Fsp3) is 0.889. The Morgan fingerprint density at radius 2 is 1.50 bits per heavy atom. The van der Waals surface area contributed by atoms with Gasteiger partial charge in [-0.1, -0.05) is 13.3 Å². The zero-order valence-electron chi connectivity index (χ0n) is 8.67. The van der Waals surface area contributed by atoms with Gasteiger partial charge in [0.25, 0.3) is 0 Å². The van der Waals surface area contributed by atoms with Gasteiger partial charge in [0.1, 0.15) is 0 Å².